The number of halogens is 2. The third-order valence-corrected chi connectivity index (χ3v) is 5.10. The van der Waals surface area contributed by atoms with Gasteiger partial charge in [0, 0.05) is 0 Å². The standard InChI is InChI=1S/C18H23F2N5O4/c19-18(20)8-25(9-18)15-16(28-7-11-3-4-11)24-13(6-22-15)29-17(27)23-12(14(21)26)5-10-1-2-10/h6,10-12H,1-5,7-9H2,(H2,21,26)(H,23,27)/t12-/m0/s1. The van der Waals surface area contributed by atoms with Gasteiger partial charge in [0.1, 0.15) is 6.04 Å². The molecule has 0 radical (unpaired) electrons. The molecule has 1 atom stereocenters. The summed E-state index contributed by atoms with van der Waals surface area (Å²) in [6.45, 7) is -0.542. The molecule has 2 saturated carbocycles. The predicted octanol–water partition coefficient (Wildman–Crippen LogP) is 1.46. The molecule has 2 aliphatic carbocycles. The van der Waals surface area contributed by atoms with Gasteiger partial charge in [0.25, 0.3) is 11.8 Å². The van der Waals surface area contributed by atoms with E-state index >= 15 is 0 Å². The van der Waals surface area contributed by atoms with E-state index in [2.05, 4.69) is 15.3 Å². The molecule has 29 heavy (non-hydrogen) atoms. The van der Waals surface area contributed by atoms with Crippen molar-refractivity contribution in [2.75, 3.05) is 24.6 Å². The summed E-state index contributed by atoms with van der Waals surface area (Å²) in [5, 5.41) is 2.43. The Kier molecular flexibility index (Phi) is 5.13. The summed E-state index contributed by atoms with van der Waals surface area (Å²) in [5.41, 5.74) is 5.33. The summed E-state index contributed by atoms with van der Waals surface area (Å²) in [4.78, 5) is 33.2. The Morgan fingerprint density at radius 3 is 2.55 bits per heavy atom. The number of nitrogens with one attached hydrogen (secondary N) is 1. The zero-order valence-electron chi connectivity index (χ0n) is 15.8. The molecule has 3 fully saturated rings. The Bertz CT molecular complexity index is 792. The molecule has 1 aromatic heterocycles. The highest BCUT2D eigenvalue weighted by molar-refractivity contribution is 5.84. The van der Waals surface area contributed by atoms with Crippen LogP contribution in [-0.2, 0) is 4.79 Å². The largest absolute Gasteiger partial charge is 0.475 e. The number of primary amides is 1. The lowest BCUT2D eigenvalue weighted by molar-refractivity contribution is -0.120. The van der Waals surface area contributed by atoms with Crippen molar-refractivity contribution >= 4 is 17.8 Å². The number of amides is 2. The maximum Gasteiger partial charge on any atom is 0.414 e. The monoisotopic (exact) mass is 411 g/mol. The molecule has 3 N–H and O–H groups in total. The van der Waals surface area contributed by atoms with Crippen LogP contribution in [0.4, 0.5) is 19.4 Å². The quantitative estimate of drug-likeness (QED) is 0.631. The zero-order valence-corrected chi connectivity index (χ0v) is 15.8. The SMILES string of the molecule is NC(=O)[C@H](CC1CC1)NC(=O)Oc1cnc(N2CC(F)(F)C2)c(OCC2CC2)n1. The van der Waals surface area contributed by atoms with Gasteiger partial charge in [-0.25, -0.2) is 18.6 Å². The van der Waals surface area contributed by atoms with Crippen molar-refractivity contribution in [1.82, 2.24) is 15.3 Å². The van der Waals surface area contributed by atoms with E-state index in [0.29, 0.717) is 24.9 Å². The van der Waals surface area contributed by atoms with Crippen LogP contribution in [0.15, 0.2) is 6.20 Å². The summed E-state index contributed by atoms with van der Waals surface area (Å²) in [6.07, 6.45) is 4.83. The number of hydrogen-bond donors (Lipinski definition) is 2. The maximum absolute atomic E-state index is 13.2. The minimum atomic E-state index is -2.77. The molecule has 2 amide bonds. The lowest BCUT2D eigenvalue weighted by Crippen LogP contribution is -2.56. The molecule has 1 aliphatic heterocycles. The first-order chi connectivity index (χ1) is 13.8. The number of carbonyl (C=O) groups is 2. The average Bonchev–Trinajstić information content (AvgIpc) is 3.52. The van der Waals surface area contributed by atoms with Gasteiger partial charge in [-0.15, -0.1) is 0 Å². The summed E-state index contributed by atoms with van der Waals surface area (Å²) in [5.74, 6) is -2.54. The molecule has 0 spiro atoms. The third kappa shape index (κ3) is 5.21. The van der Waals surface area contributed by atoms with Crippen molar-refractivity contribution in [2.24, 2.45) is 17.6 Å². The highest BCUT2D eigenvalue weighted by atomic mass is 19.3. The molecule has 0 unspecified atom stereocenters. The van der Waals surface area contributed by atoms with Gasteiger partial charge in [0.15, 0.2) is 5.82 Å². The second-order valence-corrected chi connectivity index (χ2v) is 7.97. The molecular weight excluding hydrogens is 388 g/mol. The lowest BCUT2D eigenvalue weighted by Gasteiger charge is -2.39. The Labute approximate surface area is 165 Å². The molecule has 1 saturated heterocycles. The summed E-state index contributed by atoms with van der Waals surface area (Å²) >= 11 is 0. The van der Waals surface area contributed by atoms with E-state index < -0.39 is 37.1 Å². The number of nitrogens with two attached hydrogens (primary N) is 1. The van der Waals surface area contributed by atoms with Crippen molar-refractivity contribution in [1.29, 1.82) is 0 Å². The average molecular weight is 411 g/mol. The van der Waals surface area contributed by atoms with Gasteiger partial charge in [-0.05, 0) is 31.1 Å². The van der Waals surface area contributed by atoms with Crippen LogP contribution < -0.4 is 25.4 Å². The Balaban J connectivity index is 1.41. The molecule has 2 heterocycles. The lowest BCUT2D eigenvalue weighted by atomic mass is 10.1. The van der Waals surface area contributed by atoms with E-state index in [4.69, 9.17) is 15.2 Å². The second-order valence-electron chi connectivity index (χ2n) is 7.97. The van der Waals surface area contributed by atoms with Crippen LogP contribution >= 0.6 is 0 Å². The second kappa shape index (κ2) is 7.60. The van der Waals surface area contributed by atoms with Crippen molar-refractivity contribution in [3.8, 4) is 11.8 Å². The number of hydrogen-bond acceptors (Lipinski definition) is 7. The van der Waals surface area contributed by atoms with Crippen LogP contribution in [0.3, 0.4) is 0 Å². The fourth-order valence-corrected chi connectivity index (χ4v) is 3.06. The number of rotatable bonds is 9. The highest BCUT2D eigenvalue weighted by Crippen LogP contribution is 2.37. The summed E-state index contributed by atoms with van der Waals surface area (Å²) < 4.78 is 37.2. The van der Waals surface area contributed by atoms with Crippen LogP contribution in [0.2, 0.25) is 0 Å². The third-order valence-electron chi connectivity index (χ3n) is 5.10. The zero-order chi connectivity index (χ0) is 20.6. The fourth-order valence-electron chi connectivity index (χ4n) is 3.06. The molecule has 11 heteroatoms. The Morgan fingerprint density at radius 2 is 1.97 bits per heavy atom. The van der Waals surface area contributed by atoms with Gasteiger partial charge in [-0.1, -0.05) is 12.8 Å². The number of carbonyl (C=O) groups excluding carboxylic acids is 2. The Morgan fingerprint density at radius 1 is 1.28 bits per heavy atom. The molecule has 1 aromatic rings. The molecule has 9 nitrogen and oxygen atoms in total. The first-order valence-corrected chi connectivity index (χ1v) is 9.69. The molecule has 4 rings (SSSR count). The van der Waals surface area contributed by atoms with Gasteiger partial charge in [-0.3, -0.25) is 4.79 Å². The number of ether oxygens (including phenoxy) is 2. The smallest absolute Gasteiger partial charge is 0.414 e. The summed E-state index contributed by atoms with van der Waals surface area (Å²) in [6, 6.07) is -0.823. The normalized spacial score (nSPS) is 21.1. The van der Waals surface area contributed by atoms with Crippen molar-refractivity contribution in [2.45, 2.75) is 44.1 Å². The van der Waals surface area contributed by atoms with Gasteiger partial charge in [0.05, 0.1) is 25.9 Å². The van der Waals surface area contributed by atoms with Crippen LogP contribution in [0.25, 0.3) is 0 Å². The van der Waals surface area contributed by atoms with Crippen molar-refractivity contribution < 1.29 is 27.8 Å². The fraction of sp³-hybridized carbons (Fsp3) is 0.667. The molecular formula is C18H23F2N5O4. The van der Waals surface area contributed by atoms with Gasteiger partial charge in [0.2, 0.25) is 11.8 Å². The molecule has 0 aromatic carbocycles. The van der Waals surface area contributed by atoms with E-state index in [9.17, 15) is 18.4 Å². The van der Waals surface area contributed by atoms with Crippen molar-refractivity contribution in [3.63, 3.8) is 0 Å². The van der Waals surface area contributed by atoms with Crippen LogP contribution in [0.1, 0.15) is 32.1 Å². The maximum atomic E-state index is 13.2. The summed E-state index contributed by atoms with van der Waals surface area (Å²) in [7, 11) is 0. The van der Waals surface area contributed by atoms with Crippen LogP contribution in [0, 0.1) is 11.8 Å². The Hall–Kier alpha value is -2.72. The predicted molar refractivity (Wildman–Crippen MR) is 96.9 cm³/mol. The van der Waals surface area contributed by atoms with Crippen molar-refractivity contribution in [3.05, 3.63) is 6.20 Å². The number of aromatic nitrogens is 2. The minimum Gasteiger partial charge on any atom is -0.475 e. The first kappa shape index (κ1) is 19.6. The number of nitrogens with zero attached hydrogens (tertiary/aromatic N) is 3. The topological polar surface area (TPSA) is 120 Å². The van der Waals surface area contributed by atoms with Gasteiger partial charge in [-0.2, -0.15) is 4.98 Å². The van der Waals surface area contributed by atoms with Crippen LogP contribution in [0.5, 0.6) is 11.8 Å². The minimum absolute atomic E-state index is 0.0436. The van der Waals surface area contributed by atoms with E-state index in [1.165, 1.54) is 4.90 Å². The highest BCUT2D eigenvalue weighted by Gasteiger charge is 2.46. The van der Waals surface area contributed by atoms with E-state index in [0.717, 1.165) is 31.9 Å². The van der Waals surface area contributed by atoms with Gasteiger partial charge < -0.3 is 25.4 Å². The van der Waals surface area contributed by atoms with E-state index in [1.807, 2.05) is 0 Å². The number of anilines is 1. The van der Waals surface area contributed by atoms with E-state index in [1.54, 1.807) is 0 Å². The van der Waals surface area contributed by atoms with Gasteiger partial charge >= 0.3 is 6.09 Å². The molecule has 158 valence electrons. The molecule has 3 aliphatic rings. The van der Waals surface area contributed by atoms with Crippen LogP contribution in [-0.4, -0.2) is 53.6 Å². The first-order valence-electron chi connectivity index (χ1n) is 9.69. The number of alkyl halides is 2. The molecule has 0 bridgehead atoms. The van der Waals surface area contributed by atoms with E-state index in [-0.39, 0.29) is 17.6 Å².